The maximum Gasteiger partial charge on any atom is 0.105 e. The van der Waals surface area contributed by atoms with Gasteiger partial charge in [-0.3, -0.25) is 10.0 Å². The van der Waals surface area contributed by atoms with Gasteiger partial charge in [0.15, 0.2) is 0 Å². The molecule has 0 bridgehead atoms. The molecule has 0 heterocycles. The lowest BCUT2D eigenvalue weighted by Crippen LogP contribution is -2.30. The van der Waals surface area contributed by atoms with Gasteiger partial charge in [0, 0.05) is 17.3 Å². The molecule has 1 fully saturated rings. The van der Waals surface area contributed by atoms with Crippen LogP contribution in [-0.2, 0) is 0 Å². The van der Waals surface area contributed by atoms with E-state index in [0.717, 1.165) is 25.8 Å². The maximum atomic E-state index is 9.61. The summed E-state index contributed by atoms with van der Waals surface area (Å²) in [6.45, 7) is 7.63. The quantitative estimate of drug-likeness (QED) is 0.349. The summed E-state index contributed by atoms with van der Waals surface area (Å²) in [6, 6.07) is 0.601. The molecule has 1 aliphatic carbocycles. The van der Waals surface area contributed by atoms with E-state index in [1.54, 1.807) is 11.9 Å². The Balaban J connectivity index is 1.83. The largest absolute Gasteiger partial charge is 0.379 e. The van der Waals surface area contributed by atoms with Crippen molar-refractivity contribution in [2.45, 2.75) is 69.9 Å². The van der Waals surface area contributed by atoms with Gasteiger partial charge in [-0.15, -0.1) is 0 Å². The second-order valence-corrected chi connectivity index (χ2v) is 7.28. The van der Waals surface area contributed by atoms with Gasteiger partial charge in [0.1, 0.15) is 6.23 Å². The van der Waals surface area contributed by atoms with Crippen LogP contribution in [0.1, 0.15) is 52.9 Å². The molecule has 3 N–H and O–H groups in total. The highest BCUT2D eigenvalue weighted by atomic mass is 32.2. The van der Waals surface area contributed by atoms with E-state index in [4.69, 9.17) is 0 Å². The van der Waals surface area contributed by atoms with Crippen molar-refractivity contribution in [3.8, 4) is 0 Å². The number of aliphatic hydroxyl groups is 1. The summed E-state index contributed by atoms with van der Waals surface area (Å²) in [6.07, 6.45) is 5.27. The average Bonchev–Trinajstić information content (AvgIpc) is 2.93. The Hall–Kier alpha value is 0.230. The van der Waals surface area contributed by atoms with Crippen LogP contribution < -0.4 is 10.0 Å². The second kappa shape index (κ2) is 6.84. The van der Waals surface area contributed by atoms with E-state index in [-0.39, 0.29) is 11.0 Å². The smallest absolute Gasteiger partial charge is 0.105 e. The van der Waals surface area contributed by atoms with Gasteiger partial charge in [-0.1, -0.05) is 11.9 Å². The lowest BCUT2D eigenvalue weighted by atomic mass is 10.2. The Bertz CT molecular complexity index is 190. The van der Waals surface area contributed by atoms with Crippen LogP contribution >= 0.6 is 11.9 Å². The van der Waals surface area contributed by atoms with Gasteiger partial charge in [-0.25, -0.2) is 0 Å². The Morgan fingerprint density at radius 1 is 1.31 bits per heavy atom. The minimum atomic E-state index is -0.289. The summed E-state index contributed by atoms with van der Waals surface area (Å²) in [7, 11) is 0. The molecular formula is C12H26N2OS. The Kier molecular flexibility index (Phi) is 6.11. The molecule has 0 unspecified atom stereocenters. The van der Waals surface area contributed by atoms with Gasteiger partial charge in [-0.2, -0.15) is 0 Å². The third-order valence-electron chi connectivity index (χ3n) is 2.39. The summed E-state index contributed by atoms with van der Waals surface area (Å²) in [5, 5.41) is 12.8. The van der Waals surface area contributed by atoms with Gasteiger partial charge in [0.05, 0.1) is 0 Å². The van der Waals surface area contributed by atoms with E-state index in [0.29, 0.717) is 6.04 Å². The normalized spacial score (nSPS) is 18.8. The van der Waals surface area contributed by atoms with Crippen LogP contribution in [0.15, 0.2) is 0 Å². The highest BCUT2D eigenvalue weighted by Crippen LogP contribution is 2.20. The number of nitrogens with one attached hydrogen (secondary N) is 2. The second-order valence-electron chi connectivity index (χ2n) is 5.56. The third kappa shape index (κ3) is 8.39. The standard InChI is InChI=1S/C12H26N2OS/c1-12(2,3)16-13-9-5-4-6-11(15)14-10-7-8-10/h10-11,13-15H,4-9H2,1-3H3/t11-/m0/s1. The molecule has 0 aromatic carbocycles. The molecule has 96 valence electrons. The van der Waals surface area contributed by atoms with Crippen LogP contribution in [0.2, 0.25) is 0 Å². The fourth-order valence-corrected chi connectivity index (χ4v) is 2.09. The number of unbranched alkanes of at least 4 members (excludes halogenated alkanes) is 1. The van der Waals surface area contributed by atoms with E-state index in [2.05, 4.69) is 30.8 Å². The highest BCUT2D eigenvalue weighted by molar-refractivity contribution is 7.98. The lowest BCUT2D eigenvalue weighted by molar-refractivity contribution is 0.123. The molecule has 16 heavy (non-hydrogen) atoms. The predicted octanol–water partition coefficient (Wildman–Crippen LogP) is 2.26. The monoisotopic (exact) mass is 246 g/mol. The van der Waals surface area contributed by atoms with E-state index in [1.807, 2.05) is 0 Å². The fraction of sp³-hybridized carbons (Fsp3) is 1.00. The van der Waals surface area contributed by atoms with E-state index in [1.165, 1.54) is 12.8 Å². The van der Waals surface area contributed by atoms with Crippen LogP contribution in [0.25, 0.3) is 0 Å². The Labute approximate surface area is 104 Å². The Morgan fingerprint density at radius 3 is 2.56 bits per heavy atom. The SMILES string of the molecule is CC(C)(C)SNCCCC[C@H](O)NC1CC1. The van der Waals surface area contributed by atoms with Gasteiger partial charge in [0.2, 0.25) is 0 Å². The van der Waals surface area contributed by atoms with Crippen molar-refractivity contribution in [3.05, 3.63) is 0 Å². The molecule has 0 spiro atoms. The van der Waals surface area contributed by atoms with Gasteiger partial charge >= 0.3 is 0 Å². The van der Waals surface area contributed by atoms with Crippen molar-refractivity contribution in [1.82, 2.24) is 10.0 Å². The molecule has 0 saturated heterocycles. The van der Waals surface area contributed by atoms with E-state index in [9.17, 15) is 5.11 Å². The van der Waals surface area contributed by atoms with Crippen LogP contribution in [0.5, 0.6) is 0 Å². The van der Waals surface area contributed by atoms with Crippen molar-refractivity contribution >= 4 is 11.9 Å². The van der Waals surface area contributed by atoms with Crippen molar-refractivity contribution in [3.63, 3.8) is 0 Å². The van der Waals surface area contributed by atoms with Crippen molar-refractivity contribution in [2.75, 3.05) is 6.54 Å². The zero-order valence-corrected chi connectivity index (χ0v) is 11.6. The number of hydrogen-bond donors (Lipinski definition) is 3. The molecule has 1 aliphatic rings. The molecule has 1 saturated carbocycles. The maximum absolute atomic E-state index is 9.61. The molecule has 0 aliphatic heterocycles. The summed E-state index contributed by atoms with van der Waals surface area (Å²) in [5.74, 6) is 0. The summed E-state index contributed by atoms with van der Waals surface area (Å²) in [4.78, 5) is 0. The van der Waals surface area contributed by atoms with Crippen molar-refractivity contribution in [1.29, 1.82) is 0 Å². The van der Waals surface area contributed by atoms with Crippen LogP contribution in [0, 0.1) is 0 Å². The Morgan fingerprint density at radius 2 is 2.00 bits per heavy atom. The zero-order chi connectivity index (χ0) is 12.0. The lowest BCUT2D eigenvalue weighted by Gasteiger charge is -2.17. The average molecular weight is 246 g/mol. The van der Waals surface area contributed by atoms with E-state index < -0.39 is 0 Å². The van der Waals surface area contributed by atoms with E-state index >= 15 is 0 Å². The van der Waals surface area contributed by atoms with Crippen LogP contribution in [0.3, 0.4) is 0 Å². The first-order valence-corrected chi connectivity index (χ1v) is 7.14. The summed E-state index contributed by atoms with van der Waals surface area (Å²) < 4.78 is 3.65. The molecule has 0 radical (unpaired) electrons. The first-order valence-electron chi connectivity index (χ1n) is 6.32. The minimum absolute atomic E-state index is 0.285. The number of aliphatic hydroxyl groups excluding tert-OH is 1. The fourth-order valence-electron chi connectivity index (χ4n) is 1.41. The number of rotatable bonds is 8. The minimum Gasteiger partial charge on any atom is -0.379 e. The number of hydrogen-bond acceptors (Lipinski definition) is 4. The molecule has 1 atom stereocenters. The molecule has 0 aromatic rings. The first-order chi connectivity index (χ1) is 7.47. The van der Waals surface area contributed by atoms with Crippen molar-refractivity contribution in [2.24, 2.45) is 0 Å². The topological polar surface area (TPSA) is 44.3 Å². The molecule has 0 aromatic heterocycles. The summed E-state index contributed by atoms with van der Waals surface area (Å²) in [5.41, 5.74) is 0. The molecule has 1 rings (SSSR count). The first kappa shape index (κ1) is 14.3. The highest BCUT2D eigenvalue weighted by Gasteiger charge is 2.22. The predicted molar refractivity (Wildman–Crippen MR) is 71.4 cm³/mol. The molecule has 3 nitrogen and oxygen atoms in total. The zero-order valence-electron chi connectivity index (χ0n) is 10.8. The van der Waals surface area contributed by atoms with Gasteiger partial charge in [0.25, 0.3) is 0 Å². The summed E-state index contributed by atoms with van der Waals surface area (Å²) >= 11 is 1.78. The van der Waals surface area contributed by atoms with Gasteiger partial charge in [-0.05, 0) is 52.9 Å². The molecule has 4 heteroatoms. The molecular weight excluding hydrogens is 220 g/mol. The molecule has 0 amide bonds. The van der Waals surface area contributed by atoms with Crippen LogP contribution in [-0.4, -0.2) is 28.7 Å². The van der Waals surface area contributed by atoms with Crippen LogP contribution in [0.4, 0.5) is 0 Å². The third-order valence-corrected chi connectivity index (χ3v) is 3.35. The van der Waals surface area contributed by atoms with Crippen molar-refractivity contribution < 1.29 is 5.11 Å². The van der Waals surface area contributed by atoms with Gasteiger partial charge < -0.3 is 5.11 Å².